The van der Waals surface area contributed by atoms with E-state index in [0.717, 1.165) is 12.8 Å². The molecule has 0 aromatic rings. The Labute approximate surface area is 54.6 Å². The van der Waals surface area contributed by atoms with E-state index in [2.05, 4.69) is 6.58 Å². The van der Waals surface area contributed by atoms with E-state index in [4.69, 9.17) is 0 Å². The van der Waals surface area contributed by atoms with Gasteiger partial charge in [-0.2, -0.15) is 4.39 Å². The summed E-state index contributed by atoms with van der Waals surface area (Å²) < 4.78 is 11.7. The Bertz CT molecular complexity index is 118. The van der Waals surface area contributed by atoms with E-state index >= 15 is 0 Å². The van der Waals surface area contributed by atoms with Gasteiger partial charge in [0.2, 0.25) is 0 Å². The maximum atomic E-state index is 11.7. The molecule has 0 aliphatic heterocycles. The first kappa shape index (κ1) is 8.34. The highest BCUT2D eigenvalue weighted by Crippen LogP contribution is 2.05. The van der Waals surface area contributed by atoms with Crippen molar-refractivity contribution in [2.45, 2.75) is 26.2 Å². The van der Waals surface area contributed by atoms with Crippen molar-refractivity contribution >= 4 is 6.04 Å². The Morgan fingerprint density at radius 1 is 1.67 bits per heavy atom. The molecule has 0 fully saturated rings. The fraction of sp³-hybridized carbons (Fsp3) is 0.571. The van der Waals surface area contributed by atoms with E-state index in [9.17, 15) is 9.18 Å². The van der Waals surface area contributed by atoms with Crippen LogP contribution in [0.25, 0.3) is 0 Å². The molecule has 0 amide bonds. The Morgan fingerprint density at radius 3 is 2.56 bits per heavy atom. The molecule has 0 aliphatic carbocycles. The van der Waals surface area contributed by atoms with Crippen molar-refractivity contribution in [1.29, 1.82) is 0 Å². The molecule has 0 aliphatic rings. The van der Waals surface area contributed by atoms with E-state index in [1.165, 1.54) is 0 Å². The van der Waals surface area contributed by atoms with Gasteiger partial charge < -0.3 is 0 Å². The van der Waals surface area contributed by atoms with Crippen LogP contribution in [-0.2, 0) is 4.79 Å². The summed E-state index contributed by atoms with van der Waals surface area (Å²) in [5, 5.41) is 0. The molecule has 0 saturated heterocycles. The molecular formula is C7H11FO. The predicted octanol–water partition coefficient (Wildman–Crippen LogP) is 2.23. The molecule has 0 N–H and O–H groups in total. The molecule has 0 saturated carbocycles. The summed E-state index contributed by atoms with van der Waals surface area (Å²) in [5.74, 6) is 0. The number of carbonyl (C=O) groups is 1. The van der Waals surface area contributed by atoms with Crippen molar-refractivity contribution in [3.05, 3.63) is 12.2 Å². The largest absolute Gasteiger partial charge is 0.327 e. The van der Waals surface area contributed by atoms with Crippen molar-refractivity contribution in [3.63, 3.8) is 0 Å². The number of carbonyl (C=O) groups excluding carboxylic acids is 1. The van der Waals surface area contributed by atoms with Crippen LogP contribution >= 0.6 is 0 Å². The molecule has 1 nitrogen and oxygen atoms in total. The molecule has 0 aromatic carbocycles. The third kappa shape index (κ3) is 3.88. The lowest BCUT2D eigenvalue weighted by molar-refractivity contribution is -0.125. The standard InChI is InChI=1S/C7H11FO/c1-3-4-5-6(2)7(8)9/h2-5H2,1H3. The average Bonchev–Trinajstić information content (AvgIpc) is 1.82. The molecule has 2 heteroatoms. The van der Waals surface area contributed by atoms with Crippen LogP contribution in [0.1, 0.15) is 26.2 Å². The lowest BCUT2D eigenvalue weighted by Gasteiger charge is -1.93. The minimum absolute atomic E-state index is 0.0943. The molecule has 0 aromatic heterocycles. The maximum Gasteiger partial charge on any atom is 0.327 e. The van der Waals surface area contributed by atoms with Gasteiger partial charge in [-0.05, 0) is 12.8 Å². The van der Waals surface area contributed by atoms with E-state index in [1.54, 1.807) is 0 Å². The maximum absolute atomic E-state index is 11.7. The highest BCUT2D eigenvalue weighted by molar-refractivity contribution is 5.86. The average molecular weight is 130 g/mol. The quantitative estimate of drug-likeness (QED) is 0.421. The van der Waals surface area contributed by atoms with E-state index in [1.807, 2.05) is 6.92 Å². The van der Waals surface area contributed by atoms with E-state index in [0.29, 0.717) is 6.42 Å². The number of rotatable bonds is 4. The van der Waals surface area contributed by atoms with Crippen LogP contribution in [0.5, 0.6) is 0 Å². The lowest BCUT2D eigenvalue weighted by Crippen LogP contribution is -1.91. The lowest BCUT2D eigenvalue weighted by atomic mass is 10.1. The summed E-state index contributed by atoms with van der Waals surface area (Å²) in [6, 6.07) is -1.37. The first-order valence-electron chi connectivity index (χ1n) is 3.06. The molecule has 52 valence electrons. The van der Waals surface area contributed by atoms with Crippen LogP contribution in [0.15, 0.2) is 12.2 Å². The molecule has 0 rings (SSSR count). The monoisotopic (exact) mass is 130 g/mol. The zero-order valence-electron chi connectivity index (χ0n) is 5.61. The summed E-state index contributed by atoms with van der Waals surface area (Å²) in [6.07, 6.45) is 2.30. The van der Waals surface area contributed by atoms with Gasteiger partial charge in [-0.15, -0.1) is 0 Å². The minimum atomic E-state index is -1.37. The van der Waals surface area contributed by atoms with Crippen LogP contribution in [0, 0.1) is 0 Å². The van der Waals surface area contributed by atoms with Crippen molar-refractivity contribution in [2.75, 3.05) is 0 Å². The van der Waals surface area contributed by atoms with Crippen LogP contribution in [0.3, 0.4) is 0 Å². The molecule has 0 atom stereocenters. The molecule has 0 bridgehead atoms. The number of allylic oxidation sites excluding steroid dienone is 1. The van der Waals surface area contributed by atoms with Crippen LogP contribution in [-0.4, -0.2) is 6.04 Å². The van der Waals surface area contributed by atoms with Crippen molar-refractivity contribution in [3.8, 4) is 0 Å². The predicted molar refractivity (Wildman–Crippen MR) is 34.8 cm³/mol. The normalized spacial score (nSPS) is 9.11. The van der Waals surface area contributed by atoms with E-state index in [-0.39, 0.29) is 5.57 Å². The summed E-state index contributed by atoms with van der Waals surface area (Å²) in [4.78, 5) is 9.88. The van der Waals surface area contributed by atoms with Gasteiger partial charge in [-0.1, -0.05) is 19.9 Å². The Morgan fingerprint density at radius 2 is 2.22 bits per heavy atom. The zero-order chi connectivity index (χ0) is 7.28. The Balaban J connectivity index is 3.39. The number of hydrogen-bond donors (Lipinski definition) is 0. The van der Waals surface area contributed by atoms with Gasteiger partial charge in [-0.25, -0.2) is 0 Å². The van der Waals surface area contributed by atoms with Gasteiger partial charge in [0, 0.05) is 5.57 Å². The zero-order valence-corrected chi connectivity index (χ0v) is 5.61. The summed E-state index contributed by atoms with van der Waals surface area (Å²) in [6.45, 7) is 5.25. The van der Waals surface area contributed by atoms with Crippen molar-refractivity contribution in [1.82, 2.24) is 0 Å². The highest BCUT2D eigenvalue weighted by atomic mass is 19.1. The number of unbranched alkanes of at least 4 members (excludes halogenated alkanes) is 1. The van der Waals surface area contributed by atoms with Gasteiger partial charge >= 0.3 is 6.04 Å². The molecule has 0 radical (unpaired) electrons. The van der Waals surface area contributed by atoms with Crippen molar-refractivity contribution < 1.29 is 9.18 Å². The van der Waals surface area contributed by atoms with Gasteiger partial charge in [-0.3, -0.25) is 4.79 Å². The van der Waals surface area contributed by atoms with Crippen molar-refractivity contribution in [2.24, 2.45) is 0 Å². The summed E-state index contributed by atoms with van der Waals surface area (Å²) in [5.41, 5.74) is 0.0943. The fourth-order valence-corrected chi connectivity index (χ4v) is 0.488. The van der Waals surface area contributed by atoms with Crippen LogP contribution in [0.4, 0.5) is 4.39 Å². The molecular weight excluding hydrogens is 119 g/mol. The molecule has 9 heavy (non-hydrogen) atoms. The second kappa shape index (κ2) is 4.24. The smallest absolute Gasteiger partial charge is 0.256 e. The fourth-order valence-electron chi connectivity index (χ4n) is 0.488. The molecule has 0 unspecified atom stereocenters. The second-order valence-electron chi connectivity index (χ2n) is 1.98. The highest BCUT2D eigenvalue weighted by Gasteiger charge is 2.01. The van der Waals surface area contributed by atoms with E-state index < -0.39 is 6.04 Å². The number of hydrogen-bond acceptors (Lipinski definition) is 1. The number of halogens is 1. The Kier molecular flexibility index (Phi) is 3.93. The summed E-state index contributed by atoms with van der Waals surface area (Å²) in [7, 11) is 0. The molecule has 0 heterocycles. The topological polar surface area (TPSA) is 17.1 Å². The van der Waals surface area contributed by atoms with Gasteiger partial charge in [0.05, 0.1) is 0 Å². The van der Waals surface area contributed by atoms with Crippen LogP contribution in [0.2, 0.25) is 0 Å². The Hall–Kier alpha value is -0.660. The van der Waals surface area contributed by atoms with Gasteiger partial charge in [0.15, 0.2) is 0 Å². The van der Waals surface area contributed by atoms with Crippen LogP contribution < -0.4 is 0 Å². The minimum Gasteiger partial charge on any atom is -0.256 e. The third-order valence-electron chi connectivity index (χ3n) is 1.11. The molecule has 0 spiro atoms. The first-order valence-corrected chi connectivity index (χ1v) is 3.06. The first-order chi connectivity index (χ1) is 4.18. The third-order valence-corrected chi connectivity index (χ3v) is 1.11. The van der Waals surface area contributed by atoms with Gasteiger partial charge in [0.1, 0.15) is 0 Å². The SMILES string of the molecule is C=C(CCCC)C(=O)F. The second-order valence-corrected chi connectivity index (χ2v) is 1.98. The summed E-state index contributed by atoms with van der Waals surface area (Å²) >= 11 is 0. The van der Waals surface area contributed by atoms with Gasteiger partial charge in [0.25, 0.3) is 0 Å².